The molecule has 3 nitrogen and oxygen atoms in total. The van der Waals surface area contributed by atoms with Crippen LogP contribution in [-0.2, 0) is 11.2 Å². The molecule has 1 aromatic carbocycles. The molecule has 3 heteroatoms. The van der Waals surface area contributed by atoms with Crippen LogP contribution in [0.15, 0.2) is 30.3 Å². The Hall–Kier alpha value is -1.35. The molecular weight excluding hydrogens is 212 g/mol. The van der Waals surface area contributed by atoms with Crippen molar-refractivity contribution < 1.29 is 4.79 Å². The van der Waals surface area contributed by atoms with Crippen LogP contribution in [0.5, 0.6) is 0 Å². The Bertz CT molecular complexity index is 337. The lowest BCUT2D eigenvalue weighted by Crippen LogP contribution is -2.46. The first-order valence-electron chi connectivity index (χ1n) is 6.21. The predicted molar refractivity (Wildman–Crippen MR) is 70.6 cm³/mol. The lowest BCUT2D eigenvalue weighted by molar-refractivity contribution is -0.121. The highest BCUT2D eigenvalue weighted by atomic mass is 16.1. The first-order valence-corrected chi connectivity index (χ1v) is 6.21. The Morgan fingerprint density at radius 2 is 2.00 bits per heavy atom. The van der Waals surface area contributed by atoms with Crippen LogP contribution < -0.4 is 11.1 Å². The van der Waals surface area contributed by atoms with Crippen LogP contribution in [0.25, 0.3) is 0 Å². The Morgan fingerprint density at radius 1 is 1.35 bits per heavy atom. The van der Waals surface area contributed by atoms with Gasteiger partial charge >= 0.3 is 0 Å². The number of benzene rings is 1. The van der Waals surface area contributed by atoms with Gasteiger partial charge in [-0.3, -0.25) is 4.79 Å². The number of hydrogen-bond acceptors (Lipinski definition) is 2. The smallest absolute Gasteiger partial charge is 0.234 e. The summed E-state index contributed by atoms with van der Waals surface area (Å²) in [6, 6.07) is 10.0. The van der Waals surface area contributed by atoms with E-state index in [1.807, 2.05) is 25.1 Å². The van der Waals surface area contributed by atoms with Crippen LogP contribution in [0.1, 0.15) is 25.8 Å². The van der Waals surface area contributed by atoms with Crippen molar-refractivity contribution in [2.45, 2.75) is 32.7 Å². The summed E-state index contributed by atoms with van der Waals surface area (Å²) < 4.78 is 0. The lowest BCUT2D eigenvalue weighted by atomic mass is 9.98. The van der Waals surface area contributed by atoms with Gasteiger partial charge in [-0.15, -0.1) is 0 Å². The fourth-order valence-electron chi connectivity index (χ4n) is 1.83. The number of amides is 1. The minimum absolute atomic E-state index is 0.219. The third-order valence-corrected chi connectivity index (χ3v) is 3.14. The maximum atomic E-state index is 11.3. The Balaban J connectivity index is 2.40. The van der Waals surface area contributed by atoms with Crippen molar-refractivity contribution in [3.05, 3.63) is 35.9 Å². The predicted octanol–water partition coefficient (Wildman–Crippen LogP) is 1.72. The van der Waals surface area contributed by atoms with Gasteiger partial charge in [0.15, 0.2) is 0 Å². The van der Waals surface area contributed by atoms with Crippen molar-refractivity contribution in [3.63, 3.8) is 0 Å². The monoisotopic (exact) mass is 234 g/mol. The summed E-state index contributed by atoms with van der Waals surface area (Å²) in [6.45, 7) is 4.90. The molecule has 0 bridgehead atoms. The van der Waals surface area contributed by atoms with Gasteiger partial charge in [0.2, 0.25) is 5.91 Å². The summed E-state index contributed by atoms with van der Waals surface area (Å²) in [6.07, 6.45) is 1.87. The van der Waals surface area contributed by atoms with Crippen LogP contribution in [0, 0.1) is 5.92 Å². The summed E-state index contributed by atoms with van der Waals surface area (Å²) in [5.74, 6) is 0.0238. The molecule has 0 fully saturated rings. The lowest BCUT2D eigenvalue weighted by Gasteiger charge is -2.21. The zero-order chi connectivity index (χ0) is 12.7. The average Bonchev–Trinajstić information content (AvgIpc) is 2.34. The molecule has 0 heterocycles. The molecule has 17 heavy (non-hydrogen) atoms. The molecule has 0 aliphatic rings. The van der Waals surface area contributed by atoms with Gasteiger partial charge in [0, 0.05) is 0 Å². The fraction of sp³-hybridized carbons (Fsp3) is 0.500. The Kier molecular flexibility index (Phi) is 5.70. The highest BCUT2D eigenvalue weighted by Crippen LogP contribution is 2.07. The maximum Gasteiger partial charge on any atom is 0.234 e. The number of carbonyl (C=O) groups excluding carboxylic acids is 1. The third-order valence-electron chi connectivity index (χ3n) is 3.14. The second-order valence-electron chi connectivity index (χ2n) is 4.46. The standard InChI is InChI=1S/C14H22N2O/c1-3-11(2)13(14(15)17)16-10-9-12-7-5-4-6-8-12/h4-8,11,13,16H,3,9-10H2,1-2H3,(H2,15,17)/t11-,13-/m0/s1. The van der Waals surface area contributed by atoms with Crippen LogP contribution >= 0.6 is 0 Å². The summed E-state index contributed by atoms with van der Waals surface area (Å²) in [7, 11) is 0. The van der Waals surface area contributed by atoms with Crippen LogP contribution in [-0.4, -0.2) is 18.5 Å². The van der Waals surface area contributed by atoms with E-state index in [2.05, 4.69) is 24.4 Å². The van der Waals surface area contributed by atoms with Crippen LogP contribution in [0.4, 0.5) is 0 Å². The molecular formula is C14H22N2O. The van der Waals surface area contributed by atoms with E-state index in [0.29, 0.717) is 0 Å². The molecule has 0 radical (unpaired) electrons. The summed E-state index contributed by atoms with van der Waals surface area (Å²) in [5, 5.41) is 3.24. The largest absolute Gasteiger partial charge is 0.368 e. The molecule has 0 aromatic heterocycles. The number of carbonyl (C=O) groups is 1. The third kappa shape index (κ3) is 4.57. The number of nitrogens with one attached hydrogen (secondary N) is 1. The second kappa shape index (κ2) is 7.07. The molecule has 0 spiro atoms. The normalized spacial score (nSPS) is 14.2. The highest BCUT2D eigenvalue weighted by molar-refractivity contribution is 5.80. The molecule has 1 rings (SSSR count). The number of primary amides is 1. The number of rotatable bonds is 7. The van der Waals surface area contributed by atoms with E-state index in [1.165, 1.54) is 5.56 Å². The fourth-order valence-corrected chi connectivity index (χ4v) is 1.83. The summed E-state index contributed by atoms with van der Waals surface area (Å²) in [5.41, 5.74) is 6.66. The van der Waals surface area contributed by atoms with Crippen LogP contribution in [0.3, 0.4) is 0 Å². The quantitative estimate of drug-likeness (QED) is 0.754. The van der Waals surface area contributed by atoms with Gasteiger partial charge < -0.3 is 11.1 Å². The van der Waals surface area contributed by atoms with Crippen LogP contribution in [0.2, 0.25) is 0 Å². The minimum Gasteiger partial charge on any atom is -0.368 e. The zero-order valence-corrected chi connectivity index (χ0v) is 10.6. The first-order chi connectivity index (χ1) is 8.15. The summed E-state index contributed by atoms with van der Waals surface area (Å²) in [4.78, 5) is 11.3. The molecule has 3 N–H and O–H groups in total. The van der Waals surface area contributed by atoms with Crippen molar-refractivity contribution in [2.75, 3.05) is 6.54 Å². The number of nitrogens with two attached hydrogens (primary N) is 1. The Labute approximate surface area is 103 Å². The van der Waals surface area contributed by atoms with E-state index in [4.69, 9.17) is 5.73 Å². The SMILES string of the molecule is CC[C@H](C)[C@H](NCCc1ccccc1)C(N)=O. The minimum atomic E-state index is -0.257. The molecule has 1 amide bonds. The molecule has 0 saturated heterocycles. The number of hydrogen-bond donors (Lipinski definition) is 2. The van der Waals surface area contributed by atoms with E-state index >= 15 is 0 Å². The van der Waals surface area contributed by atoms with E-state index in [-0.39, 0.29) is 17.9 Å². The highest BCUT2D eigenvalue weighted by Gasteiger charge is 2.20. The van der Waals surface area contributed by atoms with Gasteiger partial charge in [-0.25, -0.2) is 0 Å². The zero-order valence-electron chi connectivity index (χ0n) is 10.6. The van der Waals surface area contributed by atoms with Gasteiger partial charge in [-0.05, 0) is 24.4 Å². The van der Waals surface area contributed by atoms with Crippen molar-refractivity contribution in [2.24, 2.45) is 11.7 Å². The van der Waals surface area contributed by atoms with Gasteiger partial charge in [0.05, 0.1) is 6.04 Å². The van der Waals surface area contributed by atoms with E-state index in [0.717, 1.165) is 19.4 Å². The average molecular weight is 234 g/mol. The molecule has 0 saturated carbocycles. The second-order valence-corrected chi connectivity index (χ2v) is 4.46. The molecule has 2 atom stereocenters. The Morgan fingerprint density at radius 3 is 2.53 bits per heavy atom. The van der Waals surface area contributed by atoms with Gasteiger partial charge in [0.25, 0.3) is 0 Å². The van der Waals surface area contributed by atoms with Gasteiger partial charge in [-0.2, -0.15) is 0 Å². The van der Waals surface area contributed by atoms with Crippen molar-refractivity contribution in [1.29, 1.82) is 0 Å². The van der Waals surface area contributed by atoms with Crippen molar-refractivity contribution in [3.8, 4) is 0 Å². The molecule has 1 aromatic rings. The van der Waals surface area contributed by atoms with E-state index in [1.54, 1.807) is 0 Å². The van der Waals surface area contributed by atoms with Gasteiger partial charge in [0.1, 0.15) is 0 Å². The van der Waals surface area contributed by atoms with Gasteiger partial charge in [-0.1, -0.05) is 50.6 Å². The van der Waals surface area contributed by atoms with E-state index < -0.39 is 0 Å². The summed E-state index contributed by atoms with van der Waals surface area (Å²) >= 11 is 0. The van der Waals surface area contributed by atoms with E-state index in [9.17, 15) is 4.79 Å². The molecule has 0 unspecified atom stereocenters. The first kappa shape index (κ1) is 13.7. The molecule has 0 aliphatic heterocycles. The van der Waals surface area contributed by atoms with Crippen molar-refractivity contribution in [1.82, 2.24) is 5.32 Å². The van der Waals surface area contributed by atoms with Crippen molar-refractivity contribution >= 4 is 5.91 Å². The maximum absolute atomic E-state index is 11.3. The molecule has 94 valence electrons. The topological polar surface area (TPSA) is 55.1 Å². The molecule has 0 aliphatic carbocycles.